The van der Waals surface area contributed by atoms with E-state index >= 15 is 0 Å². The molecule has 31 heavy (non-hydrogen) atoms. The van der Waals surface area contributed by atoms with Crippen molar-refractivity contribution < 1.29 is 9.13 Å². The molecule has 2 aliphatic rings. The summed E-state index contributed by atoms with van der Waals surface area (Å²) in [6, 6.07) is 5.58. The van der Waals surface area contributed by atoms with Gasteiger partial charge in [-0.05, 0) is 31.4 Å². The summed E-state index contributed by atoms with van der Waals surface area (Å²) in [6.07, 6.45) is 4.73. The Bertz CT molecular complexity index is 1150. The lowest BCUT2D eigenvalue weighted by Gasteiger charge is -2.31. The number of rotatable bonds is 8. The predicted molar refractivity (Wildman–Crippen MR) is 116 cm³/mol. The number of nitrogens with zero attached hydrogens (tertiary/aromatic N) is 4. The molecule has 2 atom stereocenters. The summed E-state index contributed by atoms with van der Waals surface area (Å²) in [5, 5.41) is 14.2. The van der Waals surface area contributed by atoms with Gasteiger partial charge in [-0.1, -0.05) is 0 Å². The molecule has 0 spiro atoms. The highest BCUT2D eigenvalue weighted by atomic mass is 19.1. The van der Waals surface area contributed by atoms with Crippen molar-refractivity contribution in [1.29, 1.82) is 0 Å². The number of aromatic nitrogens is 4. The highest BCUT2D eigenvalue weighted by Gasteiger charge is 2.36. The fourth-order valence-corrected chi connectivity index (χ4v) is 4.04. The Morgan fingerprint density at radius 2 is 2.16 bits per heavy atom. The normalized spacial score (nSPS) is 24.7. The third-order valence-electron chi connectivity index (χ3n) is 6.08. The molecule has 0 bridgehead atoms. The van der Waals surface area contributed by atoms with E-state index in [0.717, 1.165) is 17.8 Å². The smallest absolute Gasteiger partial charge is 0.274 e. The van der Waals surface area contributed by atoms with Gasteiger partial charge in [0.2, 0.25) is 0 Å². The summed E-state index contributed by atoms with van der Waals surface area (Å²) in [6.45, 7) is 0.623. The summed E-state index contributed by atoms with van der Waals surface area (Å²) in [4.78, 5) is 17.6. The fourth-order valence-electron chi connectivity index (χ4n) is 4.04. The topological polar surface area (TPSA) is 97.5 Å². The lowest BCUT2D eigenvalue weighted by atomic mass is 9.90. The fraction of sp³-hybridized carbons (Fsp3) is 0.476. The molecule has 0 aliphatic heterocycles. The first-order chi connectivity index (χ1) is 15.1. The van der Waals surface area contributed by atoms with Crippen LogP contribution >= 0.6 is 0 Å². The number of nitrogens with one attached hydrogen (secondary N) is 3. The second-order valence-electron chi connectivity index (χ2n) is 8.16. The molecule has 2 aliphatic carbocycles. The molecule has 2 saturated carbocycles. The van der Waals surface area contributed by atoms with Gasteiger partial charge in [-0.25, -0.2) is 9.37 Å². The second kappa shape index (κ2) is 7.93. The Balaban J connectivity index is 1.41. The molecular weight excluding hydrogens is 401 g/mol. The summed E-state index contributed by atoms with van der Waals surface area (Å²) in [5.74, 6) is 1.28. The molecule has 164 valence electrons. The van der Waals surface area contributed by atoms with Crippen molar-refractivity contribution in [1.82, 2.24) is 24.5 Å². The molecule has 3 aromatic heterocycles. The van der Waals surface area contributed by atoms with Crippen LogP contribution in [0, 0.1) is 0 Å². The van der Waals surface area contributed by atoms with Crippen LogP contribution in [0.25, 0.3) is 5.65 Å². The van der Waals surface area contributed by atoms with Crippen molar-refractivity contribution >= 4 is 23.0 Å². The number of fused-ring (bicyclic) bond motifs is 1. The largest absolute Gasteiger partial charge is 0.380 e. The SMILES string of the molecule is CNc1cc(Nc2cccn([C@H]3C[C@H](F)C3)c2=O)nc2c(CN[C@@H]3C[C@H]3OC)cnn12. The van der Waals surface area contributed by atoms with E-state index in [2.05, 4.69) is 21.0 Å². The van der Waals surface area contributed by atoms with Crippen LogP contribution in [0.5, 0.6) is 0 Å². The van der Waals surface area contributed by atoms with E-state index in [1.54, 1.807) is 46.8 Å². The van der Waals surface area contributed by atoms with Crippen molar-refractivity contribution in [2.24, 2.45) is 0 Å². The maximum absolute atomic E-state index is 13.3. The molecule has 2 fully saturated rings. The average Bonchev–Trinajstić information content (AvgIpc) is 3.41. The van der Waals surface area contributed by atoms with Gasteiger partial charge < -0.3 is 25.3 Å². The van der Waals surface area contributed by atoms with E-state index in [4.69, 9.17) is 9.72 Å². The molecule has 0 saturated heterocycles. The zero-order chi connectivity index (χ0) is 21.5. The van der Waals surface area contributed by atoms with E-state index in [0.29, 0.717) is 42.6 Å². The lowest BCUT2D eigenvalue weighted by molar-refractivity contribution is 0.134. The second-order valence-corrected chi connectivity index (χ2v) is 8.16. The molecule has 0 aromatic carbocycles. The number of ether oxygens (including phenoxy) is 1. The third kappa shape index (κ3) is 3.77. The first kappa shape index (κ1) is 20.0. The van der Waals surface area contributed by atoms with Gasteiger partial charge in [0.05, 0.1) is 12.3 Å². The van der Waals surface area contributed by atoms with Crippen LogP contribution in [0.4, 0.5) is 21.7 Å². The minimum Gasteiger partial charge on any atom is -0.380 e. The number of halogens is 1. The van der Waals surface area contributed by atoms with Gasteiger partial charge in [-0.3, -0.25) is 4.79 Å². The van der Waals surface area contributed by atoms with Crippen LogP contribution < -0.4 is 21.5 Å². The summed E-state index contributed by atoms with van der Waals surface area (Å²) < 4.78 is 21.9. The third-order valence-corrected chi connectivity index (χ3v) is 6.08. The molecule has 0 radical (unpaired) electrons. The number of pyridine rings is 1. The number of hydrogen-bond acceptors (Lipinski definition) is 7. The standard InChI is InChI=1S/C21H26FN7O2/c1-23-19-9-18(26-15-4-3-5-28(21(15)30)14-6-13(22)7-14)27-20-12(11-25-29(19)20)10-24-16-8-17(16)31-2/h3-5,9,11,13-14,16-17,23-24H,6-8,10H2,1-2H3,(H,26,27)/t13-,14-,16-,17-/m1/s1. The van der Waals surface area contributed by atoms with Crippen LogP contribution in [0.1, 0.15) is 30.9 Å². The maximum Gasteiger partial charge on any atom is 0.274 e. The van der Waals surface area contributed by atoms with Crippen molar-refractivity contribution in [3.8, 4) is 0 Å². The average molecular weight is 427 g/mol. The zero-order valence-electron chi connectivity index (χ0n) is 17.5. The van der Waals surface area contributed by atoms with Crippen LogP contribution in [0.2, 0.25) is 0 Å². The summed E-state index contributed by atoms with van der Waals surface area (Å²) >= 11 is 0. The molecule has 3 heterocycles. The molecule has 0 unspecified atom stereocenters. The van der Waals surface area contributed by atoms with E-state index in [1.807, 2.05) is 7.05 Å². The highest BCUT2D eigenvalue weighted by Crippen LogP contribution is 2.33. The van der Waals surface area contributed by atoms with Gasteiger partial charge >= 0.3 is 0 Å². The number of hydrogen-bond donors (Lipinski definition) is 3. The van der Waals surface area contributed by atoms with E-state index < -0.39 is 6.17 Å². The van der Waals surface area contributed by atoms with Crippen molar-refractivity contribution in [2.45, 2.75) is 50.2 Å². The minimum absolute atomic E-state index is 0.0848. The number of anilines is 3. The van der Waals surface area contributed by atoms with Gasteiger partial charge in [0, 0.05) is 50.6 Å². The molecule has 0 amide bonds. The van der Waals surface area contributed by atoms with Crippen molar-refractivity contribution in [3.63, 3.8) is 0 Å². The highest BCUT2D eigenvalue weighted by molar-refractivity contribution is 5.64. The minimum atomic E-state index is -0.820. The van der Waals surface area contributed by atoms with Crippen LogP contribution in [0.3, 0.4) is 0 Å². The van der Waals surface area contributed by atoms with Crippen LogP contribution in [0.15, 0.2) is 35.4 Å². The first-order valence-electron chi connectivity index (χ1n) is 10.5. The monoisotopic (exact) mass is 427 g/mol. The van der Waals surface area contributed by atoms with E-state index in [9.17, 15) is 9.18 Å². The maximum atomic E-state index is 13.3. The lowest BCUT2D eigenvalue weighted by Crippen LogP contribution is -2.35. The van der Waals surface area contributed by atoms with Gasteiger partial charge in [0.15, 0.2) is 5.65 Å². The number of alkyl halides is 1. The van der Waals surface area contributed by atoms with Gasteiger partial charge in [-0.15, -0.1) is 0 Å². The van der Waals surface area contributed by atoms with Crippen molar-refractivity contribution in [2.75, 3.05) is 24.8 Å². The molecule has 3 N–H and O–H groups in total. The van der Waals surface area contributed by atoms with Crippen LogP contribution in [-0.2, 0) is 11.3 Å². The Kier molecular flexibility index (Phi) is 5.11. The first-order valence-corrected chi connectivity index (χ1v) is 10.5. The van der Waals surface area contributed by atoms with Gasteiger partial charge in [0.25, 0.3) is 5.56 Å². The molecule has 5 rings (SSSR count). The van der Waals surface area contributed by atoms with E-state index in [-0.39, 0.29) is 17.7 Å². The Hall–Kier alpha value is -2.98. The molecule has 10 heteroatoms. The Morgan fingerprint density at radius 3 is 2.87 bits per heavy atom. The number of methoxy groups -OCH3 is 1. The zero-order valence-corrected chi connectivity index (χ0v) is 17.5. The van der Waals surface area contributed by atoms with Crippen LogP contribution in [-0.4, -0.2) is 51.6 Å². The van der Waals surface area contributed by atoms with Gasteiger partial charge in [-0.2, -0.15) is 9.61 Å². The quantitative estimate of drug-likeness (QED) is 0.507. The summed E-state index contributed by atoms with van der Waals surface area (Å²) in [7, 11) is 3.53. The van der Waals surface area contributed by atoms with Crippen molar-refractivity contribution in [3.05, 3.63) is 46.5 Å². The predicted octanol–water partition coefficient (Wildman–Crippen LogP) is 2.23. The molecule has 3 aromatic rings. The molecular formula is C21H26FN7O2. The van der Waals surface area contributed by atoms with E-state index in [1.165, 1.54) is 0 Å². The Labute approximate surface area is 178 Å². The molecule has 9 nitrogen and oxygen atoms in total. The van der Waals surface area contributed by atoms with Gasteiger partial charge in [0.1, 0.15) is 23.5 Å². The Morgan fingerprint density at radius 1 is 1.32 bits per heavy atom. The summed E-state index contributed by atoms with van der Waals surface area (Å²) in [5.41, 5.74) is 1.88.